The molecule has 0 amide bonds. The first-order chi connectivity index (χ1) is 5.16. The summed E-state index contributed by atoms with van der Waals surface area (Å²) in [5, 5.41) is 0.225. The highest BCUT2D eigenvalue weighted by atomic mass is 79.9. The smallest absolute Gasteiger partial charge is 0.251 e. The van der Waals surface area contributed by atoms with Crippen LogP contribution in [-0.2, 0) is 0 Å². The third-order valence-corrected chi connectivity index (χ3v) is 2.37. The lowest BCUT2D eigenvalue weighted by Gasteiger charge is -2.01. The van der Waals surface area contributed by atoms with Gasteiger partial charge in [0.25, 0.3) is 5.88 Å². The SMILES string of the molecule is COc1ncc(Cl)c(Br)c1F. The number of nitrogens with zero attached hydrogens (tertiary/aromatic N) is 1. The molecule has 0 atom stereocenters. The van der Waals surface area contributed by atoms with Crippen LogP contribution >= 0.6 is 27.5 Å². The lowest BCUT2D eigenvalue weighted by Crippen LogP contribution is -1.92. The number of aromatic nitrogens is 1. The monoisotopic (exact) mass is 239 g/mol. The van der Waals surface area contributed by atoms with Gasteiger partial charge in [-0.15, -0.1) is 0 Å². The van der Waals surface area contributed by atoms with Crippen LogP contribution in [0.25, 0.3) is 0 Å². The van der Waals surface area contributed by atoms with Crippen LogP contribution in [0.4, 0.5) is 4.39 Å². The lowest BCUT2D eigenvalue weighted by molar-refractivity contribution is 0.368. The molecule has 0 aliphatic rings. The second-order valence-electron chi connectivity index (χ2n) is 1.74. The summed E-state index contributed by atoms with van der Waals surface area (Å²) in [5.41, 5.74) is 0. The average Bonchev–Trinajstić information content (AvgIpc) is 2.01. The molecule has 0 aromatic carbocycles. The number of methoxy groups -OCH3 is 1. The van der Waals surface area contributed by atoms with E-state index in [0.29, 0.717) is 0 Å². The van der Waals surface area contributed by atoms with Gasteiger partial charge in [-0.3, -0.25) is 0 Å². The number of hydrogen-bond acceptors (Lipinski definition) is 2. The average molecular weight is 240 g/mol. The Labute approximate surface area is 76.5 Å². The van der Waals surface area contributed by atoms with Crippen LogP contribution < -0.4 is 4.74 Å². The van der Waals surface area contributed by atoms with Crippen LogP contribution in [0.2, 0.25) is 5.02 Å². The summed E-state index contributed by atoms with van der Waals surface area (Å²) in [4.78, 5) is 3.60. The summed E-state index contributed by atoms with van der Waals surface area (Å²) in [6.07, 6.45) is 1.31. The van der Waals surface area contributed by atoms with Crippen molar-refractivity contribution in [1.29, 1.82) is 0 Å². The molecule has 5 heteroatoms. The van der Waals surface area contributed by atoms with Crippen LogP contribution in [0, 0.1) is 5.82 Å². The van der Waals surface area contributed by atoms with Crippen molar-refractivity contribution in [3.05, 3.63) is 21.5 Å². The van der Waals surface area contributed by atoms with Gasteiger partial charge in [0.2, 0.25) is 5.82 Å². The first kappa shape index (κ1) is 8.74. The number of hydrogen-bond donors (Lipinski definition) is 0. The van der Waals surface area contributed by atoms with E-state index in [1.54, 1.807) is 0 Å². The van der Waals surface area contributed by atoms with E-state index in [0.717, 1.165) is 0 Å². The fraction of sp³-hybridized carbons (Fsp3) is 0.167. The van der Waals surface area contributed by atoms with Gasteiger partial charge in [-0.1, -0.05) is 11.6 Å². The minimum atomic E-state index is -0.583. The van der Waals surface area contributed by atoms with Gasteiger partial charge < -0.3 is 4.74 Å². The maximum atomic E-state index is 12.9. The minimum absolute atomic E-state index is 0.0683. The Morgan fingerprint density at radius 3 is 2.91 bits per heavy atom. The van der Waals surface area contributed by atoms with Crippen molar-refractivity contribution in [3.8, 4) is 5.88 Å². The molecular weight excluding hydrogens is 236 g/mol. The molecule has 60 valence electrons. The van der Waals surface area contributed by atoms with Crippen molar-refractivity contribution in [2.45, 2.75) is 0 Å². The summed E-state index contributed by atoms with van der Waals surface area (Å²) in [6.45, 7) is 0. The largest absolute Gasteiger partial charge is 0.479 e. The quantitative estimate of drug-likeness (QED) is 0.753. The van der Waals surface area contributed by atoms with Crippen molar-refractivity contribution in [1.82, 2.24) is 4.98 Å². The molecule has 11 heavy (non-hydrogen) atoms. The van der Waals surface area contributed by atoms with Crippen LogP contribution in [0.1, 0.15) is 0 Å². The van der Waals surface area contributed by atoms with Crippen molar-refractivity contribution in [2.24, 2.45) is 0 Å². The van der Waals surface area contributed by atoms with Gasteiger partial charge in [-0.05, 0) is 15.9 Å². The number of ether oxygens (including phenoxy) is 1. The Bertz CT molecular complexity index is 282. The second kappa shape index (κ2) is 3.36. The normalized spacial score (nSPS) is 9.82. The molecule has 0 saturated heterocycles. The Hall–Kier alpha value is -0.350. The third kappa shape index (κ3) is 1.62. The molecular formula is C6H4BrClFNO. The number of rotatable bonds is 1. The van der Waals surface area contributed by atoms with Gasteiger partial charge in [-0.25, -0.2) is 4.98 Å². The maximum Gasteiger partial charge on any atom is 0.251 e. The van der Waals surface area contributed by atoms with Gasteiger partial charge >= 0.3 is 0 Å². The van der Waals surface area contributed by atoms with Gasteiger partial charge in [0.1, 0.15) is 0 Å². The molecule has 0 radical (unpaired) electrons. The van der Waals surface area contributed by atoms with Gasteiger partial charge in [0, 0.05) is 0 Å². The zero-order valence-corrected chi connectivity index (χ0v) is 7.91. The van der Waals surface area contributed by atoms with E-state index in [4.69, 9.17) is 11.6 Å². The van der Waals surface area contributed by atoms with Crippen LogP contribution in [0.15, 0.2) is 10.7 Å². The summed E-state index contributed by atoms with van der Waals surface area (Å²) in [6, 6.07) is 0. The van der Waals surface area contributed by atoms with Gasteiger partial charge in [-0.2, -0.15) is 4.39 Å². The van der Waals surface area contributed by atoms with E-state index in [-0.39, 0.29) is 15.4 Å². The Balaban J connectivity index is 3.25. The van der Waals surface area contributed by atoms with E-state index >= 15 is 0 Å². The standard InChI is InChI=1S/C6H4BrClFNO/c1-11-6-5(9)4(7)3(8)2-10-6/h2H,1H3. The number of pyridine rings is 1. The van der Waals surface area contributed by atoms with Gasteiger partial charge in [0.05, 0.1) is 22.8 Å². The Morgan fingerprint density at radius 1 is 1.73 bits per heavy atom. The molecule has 1 rings (SSSR count). The second-order valence-corrected chi connectivity index (χ2v) is 2.94. The van der Waals surface area contributed by atoms with E-state index < -0.39 is 5.82 Å². The highest BCUT2D eigenvalue weighted by Crippen LogP contribution is 2.28. The molecule has 1 aromatic rings. The first-order valence-corrected chi connectivity index (χ1v) is 3.87. The summed E-state index contributed by atoms with van der Waals surface area (Å²) >= 11 is 8.48. The Kier molecular flexibility index (Phi) is 2.67. The predicted octanol–water partition coefficient (Wildman–Crippen LogP) is 2.65. The highest BCUT2D eigenvalue weighted by Gasteiger charge is 2.10. The molecule has 0 N–H and O–H groups in total. The molecule has 1 heterocycles. The maximum absolute atomic E-state index is 12.9. The lowest BCUT2D eigenvalue weighted by atomic mass is 10.4. The first-order valence-electron chi connectivity index (χ1n) is 2.70. The van der Waals surface area contributed by atoms with Crippen molar-refractivity contribution in [3.63, 3.8) is 0 Å². The van der Waals surface area contributed by atoms with E-state index in [1.807, 2.05) is 0 Å². The fourth-order valence-corrected chi connectivity index (χ4v) is 0.973. The predicted molar refractivity (Wildman–Crippen MR) is 43.5 cm³/mol. The molecule has 2 nitrogen and oxygen atoms in total. The topological polar surface area (TPSA) is 22.1 Å². The van der Waals surface area contributed by atoms with E-state index in [2.05, 4.69) is 25.7 Å². The Morgan fingerprint density at radius 2 is 2.36 bits per heavy atom. The molecule has 0 unspecified atom stereocenters. The van der Waals surface area contributed by atoms with Crippen molar-refractivity contribution < 1.29 is 9.13 Å². The van der Waals surface area contributed by atoms with E-state index in [9.17, 15) is 4.39 Å². The van der Waals surface area contributed by atoms with Crippen molar-refractivity contribution in [2.75, 3.05) is 7.11 Å². The zero-order valence-electron chi connectivity index (χ0n) is 5.57. The van der Waals surface area contributed by atoms with Crippen LogP contribution in [0.3, 0.4) is 0 Å². The number of halogens is 3. The molecule has 0 saturated carbocycles. The summed E-state index contributed by atoms with van der Waals surface area (Å²) in [5.74, 6) is -0.652. The third-order valence-electron chi connectivity index (χ3n) is 1.08. The summed E-state index contributed by atoms with van der Waals surface area (Å²) in [7, 11) is 1.34. The molecule has 0 bridgehead atoms. The zero-order chi connectivity index (χ0) is 8.43. The van der Waals surface area contributed by atoms with Crippen molar-refractivity contribution >= 4 is 27.5 Å². The molecule has 0 spiro atoms. The molecule has 0 fully saturated rings. The van der Waals surface area contributed by atoms with E-state index in [1.165, 1.54) is 13.3 Å². The van der Waals surface area contributed by atoms with Gasteiger partial charge in [0.15, 0.2) is 0 Å². The fourth-order valence-electron chi connectivity index (χ4n) is 0.570. The van der Waals surface area contributed by atoms with Crippen LogP contribution in [0.5, 0.6) is 5.88 Å². The molecule has 0 aliphatic carbocycles. The molecule has 1 aromatic heterocycles. The summed E-state index contributed by atoms with van der Waals surface area (Å²) < 4.78 is 17.7. The minimum Gasteiger partial charge on any atom is -0.479 e. The highest BCUT2D eigenvalue weighted by molar-refractivity contribution is 9.10. The van der Waals surface area contributed by atoms with Crippen LogP contribution in [-0.4, -0.2) is 12.1 Å². The molecule has 0 aliphatic heterocycles.